The lowest BCUT2D eigenvalue weighted by Gasteiger charge is -2.16. The van der Waals surface area contributed by atoms with E-state index in [1.54, 1.807) is 6.07 Å². The summed E-state index contributed by atoms with van der Waals surface area (Å²) in [5.74, 6) is 0. The molecule has 21 heavy (non-hydrogen) atoms. The van der Waals surface area contributed by atoms with Crippen molar-refractivity contribution in [1.29, 1.82) is 0 Å². The van der Waals surface area contributed by atoms with Gasteiger partial charge in [-0.1, -0.05) is 0 Å². The van der Waals surface area contributed by atoms with Crippen molar-refractivity contribution in [2.75, 3.05) is 13.1 Å². The lowest BCUT2D eigenvalue weighted by atomic mass is 10.2. The number of nitrogens with two attached hydrogens (primary N) is 1. The molecule has 2 heterocycles. The molecule has 8 heteroatoms. The van der Waals surface area contributed by atoms with Gasteiger partial charge in [0.2, 0.25) is 10.0 Å². The number of halogens is 1. The van der Waals surface area contributed by atoms with Crippen LogP contribution >= 0.6 is 12.4 Å². The first-order valence-electron chi connectivity index (χ1n) is 6.26. The van der Waals surface area contributed by atoms with Gasteiger partial charge < -0.3 is 10.2 Å². The molecule has 1 atom stereocenters. The van der Waals surface area contributed by atoms with E-state index in [-0.39, 0.29) is 23.3 Å². The first kappa shape index (κ1) is 16.0. The Morgan fingerprint density at radius 1 is 1.24 bits per heavy atom. The third kappa shape index (κ3) is 2.96. The third-order valence-electron chi connectivity index (χ3n) is 3.42. The molecule has 3 rings (SSSR count). The van der Waals surface area contributed by atoms with Gasteiger partial charge in [-0.15, -0.1) is 12.4 Å². The van der Waals surface area contributed by atoms with Gasteiger partial charge in [-0.25, -0.2) is 13.2 Å². The zero-order valence-electron chi connectivity index (χ0n) is 11.1. The Kier molecular flexibility index (Phi) is 4.38. The van der Waals surface area contributed by atoms with Crippen LogP contribution in [0, 0.1) is 0 Å². The van der Waals surface area contributed by atoms with Crippen LogP contribution in [0.1, 0.15) is 6.42 Å². The molecular formula is C13H15ClN2O4S. The Morgan fingerprint density at radius 3 is 2.67 bits per heavy atom. The Balaban J connectivity index is 0.00000161. The predicted octanol–water partition coefficient (Wildman–Crippen LogP) is 0.936. The van der Waals surface area contributed by atoms with Crippen molar-refractivity contribution in [1.82, 2.24) is 4.31 Å². The smallest absolute Gasteiger partial charge is 0.336 e. The predicted molar refractivity (Wildman–Crippen MR) is 81.1 cm³/mol. The van der Waals surface area contributed by atoms with E-state index in [0.29, 0.717) is 30.5 Å². The monoisotopic (exact) mass is 330 g/mol. The van der Waals surface area contributed by atoms with Gasteiger partial charge in [0.1, 0.15) is 5.58 Å². The Hall–Kier alpha value is -1.41. The maximum Gasteiger partial charge on any atom is 0.336 e. The molecule has 0 aliphatic carbocycles. The van der Waals surface area contributed by atoms with E-state index in [2.05, 4.69) is 0 Å². The molecule has 0 saturated carbocycles. The van der Waals surface area contributed by atoms with E-state index in [1.165, 1.54) is 28.6 Å². The molecule has 1 aliphatic heterocycles. The third-order valence-corrected chi connectivity index (χ3v) is 5.28. The summed E-state index contributed by atoms with van der Waals surface area (Å²) in [6.07, 6.45) is 0.668. The summed E-state index contributed by atoms with van der Waals surface area (Å²) in [5.41, 5.74) is 5.66. The van der Waals surface area contributed by atoms with Gasteiger partial charge in [-0.3, -0.25) is 0 Å². The fourth-order valence-corrected chi connectivity index (χ4v) is 3.88. The summed E-state index contributed by atoms with van der Waals surface area (Å²) in [7, 11) is -3.54. The molecule has 2 aromatic rings. The summed E-state index contributed by atoms with van der Waals surface area (Å²) in [5, 5.41) is 0.578. The summed E-state index contributed by atoms with van der Waals surface area (Å²) in [6, 6.07) is 7.17. The second-order valence-electron chi connectivity index (χ2n) is 4.87. The zero-order valence-corrected chi connectivity index (χ0v) is 12.7. The quantitative estimate of drug-likeness (QED) is 0.827. The van der Waals surface area contributed by atoms with E-state index in [9.17, 15) is 13.2 Å². The molecule has 114 valence electrons. The fourth-order valence-electron chi connectivity index (χ4n) is 2.33. The molecule has 0 amide bonds. The average molecular weight is 331 g/mol. The van der Waals surface area contributed by atoms with Crippen molar-refractivity contribution in [2.24, 2.45) is 5.73 Å². The highest BCUT2D eigenvalue weighted by Gasteiger charge is 2.30. The molecule has 0 bridgehead atoms. The van der Waals surface area contributed by atoms with E-state index in [0.717, 1.165) is 0 Å². The number of rotatable bonds is 2. The van der Waals surface area contributed by atoms with Crippen LogP contribution in [0.5, 0.6) is 0 Å². The fraction of sp³-hybridized carbons (Fsp3) is 0.308. The summed E-state index contributed by atoms with van der Waals surface area (Å²) in [4.78, 5) is 11.3. The van der Waals surface area contributed by atoms with Crippen LogP contribution in [-0.4, -0.2) is 31.9 Å². The maximum atomic E-state index is 12.5. The number of nitrogens with zero attached hydrogens (tertiary/aromatic N) is 1. The Labute approximate surface area is 128 Å². The van der Waals surface area contributed by atoms with Crippen molar-refractivity contribution in [3.8, 4) is 0 Å². The van der Waals surface area contributed by atoms with Gasteiger partial charge in [0, 0.05) is 30.6 Å². The van der Waals surface area contributed by atoms with Crippen LogP contribution in [0.25, 0.3) is 11.0 Å². The Bertz CT molecular complexity index is 818. The van der Waals surface area contributed by atoms with Gasteiger partial charge in [0.25, 0.3) is 0 Å². The van der Waals surface area contributed by atoms with Crippen LogP contribution in [0.4, 0.5) is 0 Å². The van der Waals surface area contributed by atoms with Gasteiger partial charge >= 0.3 is 5.63 Å². The minimum absolute atomic E-state index is 0. The summed E-state index contributed by atoms with van der Waals surface area (Å²) in [6.45, 7) is 0.773. The standard InChI is InChI=1S/C13H14N2O4S.ClH/c14-10-5-6-15(8-10)20(17,18)11-2-3-12-9(7-11)1-4-13(16)19-12;/h1-4,7,10H,5-6,8,14H2;1H/t10-;/m0./s1. The molecule has 0 unspecified atom stereocenters. The summed E-state index contributed by atoms with van der Waals surface area (Å²) >= 11 is 0. The van der Waals surface area contributed by atoms with Gasteiger partial charge in [-0.05, 0) is 30.7 Å². The molecular weight excluding hydrogens is 316 g/mol. The second kappa shape index (κ2) is 5.76. The van der Waals surface area contributed by atoms with Gasteiger partial charge in [0.05, 0.1) is 4.90 Å². The largest absolute Gasteiger partial charge is 0.423 e. The van der Waals surface area contributed by atoms with E-state index >= 15 is 0 Å². The average Bonchev–Trinajstić information content (AvgIpc) is 2.85. The van der Waals surface area contributed by atoms with Gasteiger partial charge in [-0.2, -0.15) is 4.31 Å². The first-order chi connectivity index (χ1) is 9.46. The molecule has 1 saturated heterocycles. The van der Waals surface area contributed by atoms with Gasteiger partial charge in [0.15, 0.2) is 0 Å². The van der Waals surface area contributed by atoms with Crippen molar-refractivity contribution >= 4 is 33.4 Å². The molecule has 1 aromatic carbocycles. The lowest BCUT2D eigenvalue weighted by molar-refractivity contribution is 0.472. The van der Waals surface area contributed by atoms with Crippen LogP contribution in [0.2, 0.25) is 0 Å². The van der Waals surface area contributed by atoms with Crippen molar-refractivity contribution in [3.05, 3.63) is 40.8 Å². The molecule has 6 nitrogen and oxygen atoms in total. The second-order valence-corrected chi connectivity index (χ2v) is 6.80. The highest BCUT2D eigenvalue weighted by molar-refractivity contribution is 7.89. The van der Waals surface area contributed by atoms with Crippen LogP contribution in [0.15, 0.2) is 44.4 Å². The topological polar surface area (TPSA) is 93.6 Å². The van der Waals surface area contributed by atoms with E-state index < -0.39 is 15.6 Å². The normalized spacial score (nSPS) is 19.6. The Morgan fingerprint density at radius 2 is 2.00 bits per heavy atom. The number of benzene rings is 1. The van der Waals surface area contributed by atoms with E-state index in [1.807, 2.05) is 0 Å². The highest BCUT2D eigenvalue weighted by Crippen LogP contribution is 2.23. The molecule has 2 N–H and O–H groups in total. The van der Waals surface area contributed by atoms with Crippen LogP contribution in [-0.2, 0) is 10.0 Å². The van der Waals surface area contributed by atoms with Crippen LogP contribution in [0.3, 0.4) is 0 Å². The van der Waals surface area contributed by atoms with E-state index in [4.69, 9.17) is 10.2 Å². The van der Waals surface area contributed by atoms with Crippen LogP contribution < -0.4 is 11.4 Å². The lowest BCUT2D eigenvalue weighted by Crippen LogP contribution is -2.31. The molecule has 1 aromatic heterocycles. The summed E-state index contributed by atoms with van der Waals surface area (Å²) < 4.78 is 31.3. The minimum atomic E-state index is -3.54. The maximum absolute atomic E-state index is 12.5. The SMILES string of the molecule is Cl.N[C@H]1CCN(S(=O)(=O)c2ccc3oc(=O)ccc3c2)C1. The number of fused-ring (bicyclic) bond motifs is 1. The first-order valence-corrected chi connectivity index (χ1v) is 7.70. The minimum Gasteiger partial charge on any atom is -0.423 e. The zero-order chi connectivity index (χ0) is 14.3. The highest BCUT2D eigenvalue weighted by atomic mass is 35.5. The van der Waals surface area contributed by atoms with Crippen molar-refractivity contribution in [2.45, 2.75) is 17.4 Å². The number of sulfonamides is 1. The molecule has 1 fully saturated rings. The molecule has 0 radical (unpaired) electrons. The number of hydrogen-bond donors (Lipinski definition) is 1. The van der Waals surface area contributed by atoms with Crippen molar-refractivity contribution in [3.63, 3.8) is 0 Å². The molecule has 1 aliphatic rings. The van der Waals surface area contributed by atoms with Crippen molar-refractivity contribution < 1.29 is 12.8 Å². The molecule has 0 spiro atoms. The number of hydrogen-bond acceptors (Lipinski definition) is 5.